The fourth-order valence-electron chi connectivity index (χ4n) is 1.59. The molecule has 0 radical (unpaired) electrons. The Bertz CT molecular complexity index is 624. The number of carboxylic acids is 1. The molecule has 92 valence electrons. The predicted molar refractivity (Wildman–Crippen MR) is 60.4 cm³/mol. The molecule has 0 unspecified atom stereocenters. The molecule has 0 aliphatic rings. The van der Waals surface area contributed by atoms with Gasteiger partial charge in [-0.2, -0.15) is 0 Å². The van der Waals surface area contributed by atoms with Crippen molar-refractivity contribution >= 4 is 5.97 Å². The van der Waals surface area contributed by atoms with Crippen molar-refractivity contribution in [2.45, 2.75) is 0 Å². The van der Waals surface area contributed by atoms with Gasteiger partial charge in [0.2, 0.25) is 0 Å². The molecule has 2 aromatic carbocycles. The summed E-state index contributed by atoms with van der Waals surface area (Å²) in [6.45, 7) is 0. The molecule has 0 saturated carbocycles. The summed E-state index contributed by atoms with van der Waals surface area (Å²) < 4.78 is 27.0. The number of aromatic hydroxyl groups is 1. The summed E-state index contributed by atoms with van der Waals surface area (Å²) in [5.41, 5.74) is -0.184. The Morgan fingerprint density at radius 1 is 1.00 bits per heavy atom. The van der Waals surface area contributed by atoms with Crippen LogP contribution in [0, 0.1) is 11.6 Å². The normalized spacial score (nSPS) is 10.3. The number of phenolic OH excluding ortho intramolecular Hbond substituents is 1. The van der Waals surface area contributed by atoms with Gasteiger partial charge in [0.05, 0.1) is 5.56 Å². The highest BCUT2D eigenvalue weighted by Crippen LogP contribution is 2.27. The standard InChI is InChI=1S/C13H8F2O3/c14-11-5-7(1-3-10(11)13(17)18)9-4-2-8(16)6-12(9)15/h1-6,16H,(H,17,18). The molecule has 0 bridgehead atoms. The van der Waals surface area contributed by atoms with Gasteiger partial charge in [-0.1, -0.05) is 6.07 Å². The summed E-state index contributed by atoms with van der Waals surface area (Å²) in [7, 11) is 0. The first kappa shape index (κ1) is 12.0. The van der Waals surface area contributed by atoms with Crippen LogP contribution in [0.2, 0.25) is 0 Å². The maximum Gasteiger partial charge on any atom is 0.338 e. The van der Waals surface area contributed by atoms with Crippen LogP contribution in [0.25, 0.3) is 11.1 Å². The van der Waals surface area contributed by atoms with Gasteiger partial charge in [0, 0.05) is 11.6 Å². The van der Waals surface area contributed by atoms with Crippen molar-refractivity contribution in [2.24, 2.45) is 0 Å². The fourth-order valence-corrected chi connectivity index (χ4v) is 1.59. The van der Waals surface area contributed by atoms with Crippen LogP contribution in [0.4, 0.5) is 8.78 Å². The van der Waals surface area contributed by atoms with Gasteiger partial charge in [-0.25, -0.2) is 13.6 Å². The highest BCUT2D eigenvalue weighted by molar-refractivity contribution is 5.88. The van der Waals surface area contributed by atoms with Gasteiger partial charge >= 0.3 is 5.97 Å². The number of hydrogen-bond donors (Lipinski definition) is 2. The van der Waals surface area contributed by atoms with Crippen LogP contribution < -0.4 is 0 Å². The van der Waals surface area contributed by atoms with E-state index in [0.717, 1.165) is 18.2 Å². The molecular weight excluding hydrogens is 242 g/mol. The van der Waals surface area contributed by atoms with Crippen molar-refractivity contribution in [3.8, 4) is 16.9 Å². The van der Waals surface area contributed by atoms with Crippen LogP contribution in [-0.2, 0) is 0 Å². The Morgan fingerprint density at radius 2 is 1.72 bits per heavy atom. The Hall–Kier alpha value is -2.43. The van der Waals surface area contributed by atoms with E-state index in [9.17, 15) is 13.6 Å². The number of benzene rings is 2. The zero-order valence-electron chi connectivity index (χ0n) is 9.02. The molecule has 5 heteroatoms. The average Bonchev–Trinajstić information content (AvgIpc) is 2.28. The van der Waals surface area contributed by atoms with E-state index in [-0.39, 0.29) is 16.9 Å². The second kappa shape index (κ2) is 4.44. The van der Waals surface area contributed by atoms with Crippen LogP contribution in [0.5, 0.6) is 5.75 Å². The molecule has 2 N–H and O–H groups in total. The van der Waals surface area contributed by atoms with Gasteiger partial charge in [-0.05, 0) is 29.8 Å². The molecule has 0 aromatic heterocycles. The minimum absolute atomic E-state index is 0.0867. The molecule has 0 saturated heterocycles. The number of hydrogen-bond acceptors (Lipinski definition) is 2. The van der Waals surface area contributed by atoms with E-state index in [1.54, 1.807) is 0 Å². The lowest BCUT2D eigenvalue weighted by Crippen LogP contribution is -2.00. The van der Waals surface area contributed by atoms with Crippen LogP contribution in [-0.4, -0.2) is 16.2 Å². The minimum Gasteiger partial charge on any atom is -0.508 e. The van der Waals surface area contributed by atoms with E-state index < -0.39 is 23.2 Å². The molecule has 0 fully saturated rings. The second-order valence-electron chi connectivity index (χ2n) is 3.66. The van der Waals surface area contributed by atoms with E-state index in [2.05, 4.69) is 0 Å². The van der Waals surface area contributed by atoms with E-state index in [1.165, 1.54) is 18.2 Å². The second-order valence-corrected chi connectivity index (χ2v) is 3.66. The first-order chi connectivity index (χ1) is 8.49. The van der Waals surface area contributed by atoms with Crippen LogP contribution in [0.15, 0.2) is 36.4 Å². The van der Waals surface area contributed by atoms with Crippen molar-refractivity contribution in [2.75, 3.05) is 0 Å². The smallest absolute Gasteiger partial charge is 0.338 e. The lowest BCUT2D eigenvalue weighted by Gasteiger charge is -2.05. The number of rotatable bonds is 2. The molecule has 0 heterocycles. The van der Waals surface area contributed by atoms with Gasteiger partial charge in [0.25, 0.3) is 0 Å². The van der Waals surface area contributed by atoms with Crippen molar-refractivity contribution in [1.29, 1.82) is 0 Å². The number of phenols is 1. The van der Waals surface area contributed by atoms with Crippen molar-refractivity contribution in [3.05, 3.63) is 53.6 Å². The third-order valence-electron chi connectivity index (χ3n) is 2.46. The average molecular weight is 250 g/mol. The highest BCUT2D eigenvalue weighted by Gasteiger charge is 2.13. The molecule has 2 rings (SSSR count). The minimum atomic E-state index is -1.38. The van der Waals surface area contributed by atoms with E-state index in [4.69, 9.17) is 10.2 Å². The van der Waals surface area contributed by atoms with E-state index >= 15 is 0 Å². The Balaban J connectivity index is 2.52. The molecular formula is C13H8F2O3. The van der Waals surface area contributed by atoms with Crippen molar-refractivity contribution < 1.29 is 23.8 Å². The van der Waals surface area contributed by atoms with Crippen LogP contribution >= 0.6 is 0 Å². The van der Waals surface area contributed by atoms with Crippen molar-refractivity contribution in [1.82, 2.24) is 0 Å². The Kier molecular flexibility index (Phi) is 2.97. The SMILES string of the molecule is O=C(O)c1ccc(-c2ccc(O)cc2F)cc1F. The zero-order valence-corrected chi connectivity index (χ0v) is 9.02. The summed E-state index contributed by atoms with van der Waals surface area (Å²) in [5.74, 6) is -3.27. The fraction of sp³-hybridized carbons (Fsp3) is 0. The lowest BCUT2D eigenvalue weighted by molar-refractivity contribution is 0.0692. The molecule has 0 aliphatic carbocycles. The molecule has 2 aromatic rings. The summed E-state index contributed by atoms with van der Waals surface area (Å²) in [6.07, 6.45) is 0. The Labute approximate surface area is 101 Å². The van der Waals surface area contributed by atoms with Gasteiger partial charge in [0.1, 0.15) is 17.4 Å². The molecule has 0 aliphatic heterocycles. The maximum atomic E-state index is 13.5. The number of aromatic carboxylic acids is 1. The molecule has 18 heavy (non-hydrogen) atoms. The Morgan fingerprint density at radius 3 is 2.28 bits per heavy atom. The molecule has 0 spiro atoms. The topological polar surface area (TPSA) is 57.5 Å². The quantitative estimate of drug-likeness (QED) is 0.861. The number of carbonyl (C=O) groups is 1. The maximum absolute atomic E-state index is 13.5. The number of carboxylic acid groups (broad SMARTS) is 1. The number of halogens is 2. The third-order valence-corrected chi connectivity index (χ3v) is 2.46. The van der Waals surface area contributed by atoms with Gasteiger partial charge < -0.3 is 10.2 Å². The van der Waals surface area contributed by atoms with Crippen LogP contribution in [0.1, 0.15) is 10.4 Å². The molecule has 0 atom stereocenters. The lowest BCUT2D eigenvalue weighted by atomic mass is 10.0. The third kappa shape index (κ3) is 2.15. The molecule has 3 nitrogen and oxygen atoms in total. The van der Waals surface area contributed by atoms with Gasteiger partial charge in [0.15, 0.2) is 0 Å². The van der Waals surface area contributed by atoms with E-state index in [0.29, 0.717) is 0 Å². The monoisotopic (exact) mass is 250 g/mol. The highest BCUT2D eigenvalue weighted by atomic mass is 19.1. The largest absolute Gasteiger partial charge is 0.508 e. The van der Waals surface area contributed by atoms with E-state index in [1.807, 2.05) is 0 Å². The summed E-state index contributed by atoms with van der Waals surface area (Å²) in [4.78, 5) is 10.6. The molecule has 0 amide bonds. The van der Waals surface area contributed by atoms with Crippen molar-refractivity contribution in [3.63, 3.8) is 0 Å². The first-order valence-corrected chi connectivity index (χ1v) is 5.01. The summed E-state index contributed by atoms with van der Waals surface area (Å²) in [5, 5.41) is 17.7. The predicted octanol–water partition coefficient (Wildman–Crippen LogP) is 3.04. The van der Waals surface area contributed by atoms with Crippen LogP contribution in [0.3, 0.4) is 0 Å². The summed E-state index contributed by atoms with van der Waals surface area (Å²) in [6, 6.07) is 6.78. The van der Waals surface area contributed by atoms with Gasteiger partial charge in [-0.3, -0.25) is 0 Å². The first-order valence-electron chi connectivity index (χ1n) is 5.01. The summed E-state index contributed by atoms with van der Waals surface area (Å²) >= 11 is 0. The zero-order chi connectivity index (χ0) is 13.3. The van der Waals surface area contributed by atoms with Gasteiger partial charge in [-0.15, -0.1) is 0 Å².